The molecule has 0 N–H and O–H groups in total. The highest BCUT2D eigenvalue weighted by Gasteiger charge is 2.30. The molecular formula is C15H24N2O3S. The summed E-state index contributed by atoms with van der Waals surface area (Å²) in [5.74, 6) is 0.840. The molecule has 21 heavy (non-hydrogen) atoms. The van der Waals surface area contributed by atoms with Crippen molar-refractivity contribution in [2.24, 2.45) is 0 Å². The Morgan fingerprint density at radius 3 is 2.33 bits per heavy atom. The molecule has 1 saturated heterocycles. The van der Waals surface area contributed by atoms with Gasteiger partial charge in [0.2, 0.25) is 10.0 Å². The first-order valence-corrected chi connectivity index (χ1v) is 9.04. The highest BCUT2D eigenvalue weighted by molar-refractivity contribution is 7.88. The van der Waals surface area contributed by atoms with E-state index in [1.165, 1.54) is 6.26 Å². The molecule has 0 saturated carbocycles. The summed E-state index contributed by atoms with van der Waals surface area (Å²) in [6, 6.07) is 8.02. The minimum Gasteiger partial charge on any atom is -0.491 e. The molecule has 0 aromatic heterocycles. The fraction of sp³-hybridized carbons (Fsp3) is 0.600. The van der Waals surface area contributed by atoms with Crippen molar-refractivity contribution < 1.29 is 13.2 Å². The van der Waals surface area contributed by atoms with Gasteiger partial charge in [0.1, 0.15) is 5.75 Å². The van der Waals surface area contributed by atoms with E-state index < -0.39 is 10.0 Å². The second-order valence-electron chi connectivity index (χ2n) is 5.85. The van der Waals surface area contributed by atoms with E-state index in [4.69, 9.17) is 4.74 Å². The van der Waals surface area contributed by atoms with Crippen LogP contribution in [-0.4, -0.2) is 56.7 Å². The molecule has 2 rings (SSSR count). The van der Waals surface area contributed by atoms with Crippen LogP contribution in [-0.2, 0) is 10.0 Å². The molecule has 1 unspecified atom stereocenters. The second kappa shape index (κ2) is 6.34. The third-order valence-electron chi connectivity index (χ3n) is 3.72. The zero-order valence-corrected chi connectivity index (χ0v) is 13.9. The Balaban J connectivity index is 2.15. The Hall–Kier alpha value is -1.11. The van der Waals surface area contributed by atoms with Crippen molar-refractivity contribution in [1.29, 1.82) is 0 Å². The number of likely N-dealkylation sites (N-methyl/N-ethyl adjacent to an activating group) is 1. The van der Waals surface area contributed by atoms with Gasteiger partial charge in [0.05, 0.1) is 12.4 Å². The van der Waals surface area contributed by atoms with E-state index in [1.54, 1.807) is 4.31 Å². The van der Waals surface area contributed by atoms with Gasteiger partial charge in [-0.15, -0.1) is 0 Å². The number of benzene rings is 1. The fourth-order valence-corrected chi connectivity index (χ4v) is 3.38. The second-order valence-corrected chi connectivity index (χ2v) is 7.84. The minimum absolute atomic E-state index is 0.0848. The van der Waals surface area contributed by atoms with Crippen LogP contribution in [0.3, 0.4) is 0 Å². The van der Waals surface area contributed by atoms with Crippen molar-refractivity contribution in [2.45, 2.75) is 26.0 Å². The lowest BCUT2D eigenvalue weighted by Gasteiger charge is -2.38. The molecule has 1 aliphatic heterocycles. The standard InChI is InChI=1S/C15H24N2O3S/c1-12(2)20-14-7-5-13(6-8-14)15-11-17(21(4,18)19)10-9-16(15)3/h5-8,12,15H,9-11H2,1-4H3. The summed E-state index contributed by atoms with van der Waals surface area (Å²) in [7, 11) is -1.10. The van der Waals surface area contributed by atoms with Crippen LogP contribution in [0.1, 0.15) is 25.5 Å². The Labute approximate surface area is 127 Å². The Morgan fingerprint density at radius 2 is 1.81 bits per heavy atom. The van der Waals surface area contributed by atoms with Gasteiger partial charge in [0, 0.05) is 25.7 Å². The zero-order valence-electron chi connectivity index (χ0n) is 13.1. The number of nitrogens with zero attached hydrogens (tertiary/aromatic N) is 2. The van der Waals surface area contributed by atoms with Crippen LogP contribution in [0, 0.1) is 0 Å². The monoisotopic (exact) mass is 312 g/mol. The lowest BCUT2D eigenvalue weighted by atomic mass is 10.0. The van der Waals surface area contributed by atoms with Gasteiger partial charge in [0.25, 0.3) is 0 Å². The molecular weight excluding hydrogens is 288 g/mol. The van der Waals surface area contributed by atoms with Crippen LogP contribution in [0.15, 0.2) is 24.3 Å². The maximum atomic E-state index is 11.7. The number of sulfonamides is 1. The van der Waals surface area contributed by atoms with E-state index in [1.807, 2.05) is 45.2 Å². The normalized spacial score (nSPS) is 21.7. The molecule has 0 amide bonds. The molecule has 1 aromatic rings. The van der Waals surface area contributed by atoms with Crippen molar-refractivity contribution in [3.05, 3.63) is 29.8 Å². The van der Waals surface area contributed by atoms with Crippen molar-refractivity contribution in [1.82, 2.24) is 9.21 Å². The van der Waals surface area contributed by atoms with Gasteiger partial charge in [-0.05, 0) is 38.6 Å². The van der Waals surface area contributed by atoms with Gasteiger partial charge >= 0.3 is 0 Å². The largest absolute Gasteiger partial charge is 0.491 e. The molecule has 0 aliphatic carbocycles. The molecule has 1 heterocycles. The topological polar surface area (TPSA) is 49.9 Å². The SMILES string of the molecule is CC(C)Oc1ccc(C2CN(S(C)(=O)=O)CCN2C)cc1. The third-order valence-corrected chi connectivity index (χ3v) is 4.99. The Kier molecular flexibility index (Phi) is 4.91. The summed E-state index contributed by atoms with van der Waals surface area (Å²) in [5, 5.41) is 0. The third kappa shape index (κ3) is 4.18. The number of hydrogen-bond acceptors (Lipinski definition) is 4. The van der Waals surface area contributed by atoms with Crippen molar-refractivity contribution in [2.75, 3.05) is 32.9 Å². The van der Waals surface area contributed by atoms with Crippen LogP contribution in [0.5, 0.6) is 5.75 Å². The van der Waals surface area contributed by atoms with Crippen LogP contribution in [0.4, 0.5) is 0 Å². The molecule has 118 valence electrons. The number of ether oxygens (including phenoxy) is 1. The molecule has 1 aromatic carbocycles. The predicted octanol–water partition coefficient (Wildman–Crippen LogP) is 1.72. The maximum absolute atomic E-state index is 11.7. The van der Waals surface area contributed by atoms with Crippen molar-refractivity contribution in [3.8, 4) is 5.75 Å². The summed E-state index contributed by atoms with van der Waals surface area (Å²) in [4.78, 5) is 2.19. The van der Waals surface area contributed by atoms with E-state index in [2.05, 4.69) is 4.90 Å². The lowest BCUT2D eigenvalue weighted by molar-refractivity contribution is 0.148. The minimum atomic E-state index is -3.13. The molecule has 0 spiro atoms. The van der Waals surface area contributed by atoms with Gasteiger partial charge in [-0.3, -0.25) is 4.90 Å². The average molecular weight is 312 g/mol. The van der Waals surface area contributed by atoms with Crippen molar-refractivity contribution in [3.63, 3.8) is 0 Å². The van der Waals surface area contributed by atoms with Crippen LogP contribution >= 0.6 is 0 Å². The first-order valence-electron chi connectivity index (χ1n) is 7.19. The molecule has 0 radical (unpaired) electrons. The molecule has 0 bridgehead atoms. The van der Waals surface area contributed by atoms with Gasteiger partial charge in [0.15, 0.2) is 0 Å². The molecule has 6 heteroatoms. The maximum Gasteiger partial charge on any atom is 0.211 e. The van der Waals surface area contributed by atoms with Gasteiger partial charge in [-0.25, -0.2) is 8.42 Å². The van der Waals surface area contributed by atoms with Gasteiger partial charge < -0.3 is 4.74 Å². The number of rotatable bonds is 4. The summed E-state index contributed by atoms with van der Waals surface area (Å²) in [6.45, 7) is 5.78. The van der Waals surface area contributed by atoms with Gasteiger partial charge in [-0.1, -0.05) is 12.1 Å². The smallest absolute Gasteiger partial charge is 0.211 e. The van der Waals surface area contributed by atoms with Crippen LogP contribution in [0.2, 0.25) is 0 Å². The quantitative estimate of drug-likeness (QED) is 0.849. The average Bonchev–Trinajstić information content (AvgIpc) is 2.38. The first kappa shape index (κ1) is 16.3. The van der Waals surface area contributed by atoms with Gasteiger partial charge in [-0.2, -0.15) is 4.31 Å². The summed E-state index contributed by atoms with van der Waals surface area (Å²) in [6.07, 6.45) is 1.42. The highest BCUT2D eigenvalue weighted by Crippen LogP contribution is 2.27. The number of hydrogen-bond donors (Lipinski definition) is 0. The first-order chi connectivity index (χ1) is 9.77. The zero-order chi connectivity index (χ0) is 15.6. The highest BCUT2D eigenvalue weighted by atomic mass is 32.2. The van der Waals surface area contributed by atoms with Crippen LogP contribution < -0.4 is 4.74 Å². The molecule has 1 aliphatic rings. The van der Waals surface area contributed by atoms with E-state index in [-0.39, 0.29) is 12.1 Å². The molecule has 5 nitrogen and oxygen atoms in total. The molecule has 1 atom stereocenters. The Morgan fingerprint density at radius 1 is 1.19 bits per heavy atom. The van der Waals surface area contributed by atoms with Crippen LogP contribution in [0.25, 0.3) is 0 Å². The lowest BCUT2D eigenvalue weighted by Crippen LogP contribution is -2.48. The summed E-state index contributed by atoms with van der Waals surface area (Å²) >= 11 is 0. The van der Waals surface area contributed by atoms with E-state index in [9.17, 15) is 8.42 Å². The summed E-state index contributed by atoms with van der Waals surface area (Å²) in [5.41, 5.74) is 1.11. The summed E-state index contributed by atoms with van der Waals surface area (Å²) < 4.78 is 30.7. The Bertz CT molecular complexity index is 569. The van der Waals surface area contributed by atoms with E-state index in [0.29, 0.717) is 13.1 Å². The van der Waals surface area contributed by atoms with E-state index >= 15 is 0 Å². The number of piperazine rings is 1. The fourth-order valence-electron chi connectivity index (χ4n) is 2.55. The molecule has 1 fully saturated rings. The van der Waals surface area contributed by atoms with Crippen molar-refractivity contribution >= 4 is 10.0 Å². The predicted molar refractivity (Wildman–Crippen MR) is 84.0 cm³/mol. The van der Waals surface area contributed by atoms with E-state index in [0.717, 1.165) is 17.9 Å².